The smallest absolute Gasteiger partial charge is 0.238 e. The van der Waals surface area contributed by atoms with Crippen molar-refractivity contribution in [3.63, 3.8) is 0 Å². The van der Waals surface area contributed by atoms with Crippen LogP contribution >= 0.6 is 11.8 Å². The SMILES string of the molecule is Cc1cc(NC(=O)C(C)SCC(=O)NCC2=CCNCC2)no1. The fraction of sp³-hybridized carbons (Fsp3) is 0.533. The fourth-order valence-electron chi connectivity index (χ4n) is 2.02. The van der Waals surface area contributed by atoms with E-state index >= 15 is 0 Å². The van der Waals surface area contributed by atoms with Crippen molar-refractivity contribution >= 4 is 29.4 Å². The number of thioether (sulfide) groups is 1. The second-order valence-electron chi connectivity index (χ2n) is 5.36. The lowest BCUT2D eigenvalue weighted by atomic mass is 10.1. The van der Waals surface area contributed by atoms with Gasteiger partial charge >= 0.3 is 0 Å². The number of amides is 2. The van der Waals surface area contributed by atoms with E-state index in [1.807, 2.05) is 0 Å². The van der Waals surface area contributed by atoms with E-state index in [1.54, 1.807) is 19.9 Å². The van der Waals surface area contributed by atoms with Crippen molar-refractivity contribution in [1.29, 1.82) is 0 Å². The average Bonchev–Trinajstić information content (AvgIpc) is 2.96. The summed E-state index contributed by atoms with van der Waals surface area (Å²) in [6.45, 7) is 5.91. The van der Waals surface area contributed by atoms with Gasteiger partial charge in [-0.15, -0.1) is 11.8 Å². The molecule has 23 heavy (non-hydrogen) atoms. The van der Waals surface area contributed by atoms with Gasteiger partial charge in [-0.2, -0.15) is 0 Å². The molecule has 1 aliphatic rings. The number of anilines is 1. The predicted octanol–water partition coefficient (Wildman–Crippen LogP) is 1.08. The second-order valence-corrected chi connectivity index (χ2v) is 6.69. The first-order chi connectivity index (χ1) is 11.0. The summed E-state index contributed by atoms with van der Waals surface area (Å²) in [4.78, 5) is 23.8. The average molecular weight is 338 g/mol. The summed E-state index contributed by atoms with van der Waals surface area (Å²) in [5, 5.41) is 12.1. The third-order valence-corrected chi connectivity index (χ3v) is 4.53. The molecule has 2 heterocycles. The van der Waals surface area contributed by atoms with Crippen molar-refractivity contribution in [2.45, 2.75) is 25.5 Å². The molecule has 0 radical (unpaired) electrons. The van der Waals surface area contributed by atoms with Gasteiger partial charge in [0.1, 0.15) is 5.76 Å². The van der Waals surface area contributed by atoms with Crippen LogP contribution in [0.15, 0.2) is 22.2 Å². The summed E-state index contributed by atoms with van der Waals surface area (Å²) >= 11 is 1.29. The Kier molecular flexibility index (Phi) is 6.66. The maximum atomic E-state index is 12.0. The first-order valence-corrected chi connectivity index (χ1v) is 8.60. The largest absolute Gasteiger partial charge is 0.360 e. The maximum Gasteiger partial charge on any atom is 0.238 e. The van der Waals surface area contributed by atoms with Crippen LogP contribution in [0, 0.1) is 6.92 Å². The van der Waals surface area contributed by atoms with E-state index < -0.39 is 0 Å². The van der Waals surface area contributed by atoms with Crippen molar-refractivity contribution in [1.82, 2.24) is 15.8 Å². The van der Waals surface area contributed by atoms with Gasteiger partial charge in [-0.1, -0.05) is 16.8 Å². The van der Waals surface area contributed by atoms with E-state index in [4.69, 9.17) is 4.52 Å². The van der Waals surface area contributed by atoms with Gasteiger partial charge in [0.2, 0.25) is 11.8 Å². The van der Waals surface area contributed by atoms with Crippen molar-refractivity contribution in [3.05, 3.63) is 23.5 Å². The maximum absolute atomic E-state index is 12.0. The van der Waals surface area contributed by atoms with Crippen molar-refractivity contribution < 1.29 is 14.1 Å². The zero-order valence-electron chi connectivity index (χ0n) is 13.3. The number of rotatable bonds is 7. The van der Waals surface area contributed by atoms with E-state index in [0.29, 0.717) is 18.1 Å². The number of aryl methyl sites for hydroxylation is 1. The molecule has 2 amide bonds. The molecular weight excluding hydrogens is 316 g/mol. The molecule has 126 valence electrons. The summed E-state index contributed by atoms with van der Waals surface area (Å²) in [6, 6.07) is 1.65. The number of nitrogens with zero attached hydrogens (tertiary/aromatic N) is 1. The number of carbonyl (C=O) groups is 2. The lowest BCUT2D eigenvalue weighted by molar-refractivity contribution is -0.118. The first-order valence-electron chi connectivity index (χ1n) is 7.55. The van der Waals surface area contributed by atoms with Gasteiger partial charge in [0.25, 0.3) is 0 Å². The van der Waals surface area contributed by atoms with Crippen LogP contribution in [0.1, 0.15) is 19.1 Å². The number of nitrogens with one attached hydrogen (secondary N) is 3. The summed E-state index contributed by atoms with van der Waals surface area (Å²) in [5.41, 5.74) is 1.24. The van der Waals surface area contributed by atoms with Gasteiger partial charge in [0, 0.05) is 19.2 Å². The molecule has 2 rings (SSSR count). The van der Waals surface area contributed by atoms with Crippen LogP contribution in [-0.4, -0.2) is 47.6 Å². The summed E-state index contributed by atoms with van der Waals surface area (Å²) in [7, 11) is 0. The third-order valence-electron chi connectivity index (χ3n) is 3.38. The first kappa shape index (κ1) is 17.6. The molecule has 1 aliphatic heterocycles. The van der Waals surface area contributed by atoms with Crippen molar-refractivity contribution in [2.24, 2.45) is 0 Å². The molecule has 0 aromatic carbocycles. The molecule has 1 aromatic heterocycles. The summed E-state index contributed by atoms with van der Waals surface area (Å²) in [6.07, 6.45) is 3.07. The highest BCUT2D eigenvalue weighted by Crippen LogP contribution is 2.14. The summed E-state index contributed by atoms with van der Waals surface area (Å²) < 4.78 is 4.89. The van der Waals surface area contributed by atoms with Crippen LogP contribution in [0.2, 0.25) is 0 Å². The highest BCUT2D eigenvalue weighted by atomic mass is 32.2. The second kappa shape index (κ2) is 8.73. The van der Waals surface area contributed by atoms with Crippen LogP contribution in [-0.2, 0) is 9.59 Å². The van der Waals surface area contributed by atoms with Crippen LogP contribution in [0.25, 0.3) is 0 Å². The topological polar surface area (TPSA) is 96.3 Å². The van der Waals surface area contributed by atoms with E-state index in [2.05, 4.69) is 27.2 Å². The molecule has 0 saturated carbocycles. The minimum atomic E-state index is -0.351. The Hall–Kier alpha value is -1.80. The lowest BCUT2D eigenvalue weighted by Crippen LogP contribution is -2.32. The lowest BCUT2D eigenvalue weighted by Gasteiger charge is -2.15. The number of carbonyl (C=O) groups excluding carboxylic acids is 2. The van der Waals surface area contributed by atoms with Crippen LogP contribution in [0.3, 0.4) is 0 Å². The highest BCUT2D eigenvalue weighted by molar-refractivity contribution is 8.01. The van der Waals surface area contributed by atoms with Gasteiger partial charge in [0.15, 0.2) is 5.82 Å². The molecule has 8 heteroatoms. The van der Waals surface area contributed by atoms with Gasteiger partial charge in [-0.05, 0) is 26.8 Å². The standard InChI is InChI=1S/C15H22N4O3S/c1-10-7-13(19-22-10)18-15(21)11(2)23-9-14(20)17-8-12-3-5-16-6-4-12/h3,7,11,16H,4-6,8-9H2,1-2H3,(H,17,20)(H,18,19,21). The number of hydrogen-bond donors (Lipinski definition) is 3. The minimum Gasteiger partial charge on any atom is -0.360 e. The predicted molar refractivity (Wildman–Crippen MR) is 90.4 cm³/mol. The van der Waals surface area contributed by atoms with Crippen molar-refractivity contribution in [3.8, 4) is 0 Å². The number of hydrogen-bond acceptors (Lipinski definition) is 6. The Morgan fingerprint density at radius 1 is 1.52 bits per heavy atom. The molecule has 1 atom stereocenters. The van der Waals surface area contributed by atoms with E-state index in [0.717, 1.165) is 19.5 Å². The van der Waals surface area contributed by atoms with Gasteiger partial charge in [-0.3, -0.25) is 9.59 Å². The van der Waals surface area contributed by atoms with Crippen LogP contribution in [0.4, 0.5) is 5.82 Å². The van der Waals surface area contributed by atoms with Gasteiger partial charge < -0.3 is 20.5 Å². The van der Waals surface area contributed by atoms with Crippen LogP contribution < -0.4 is 16.0 Å². The molecule has 0 spiro atoms. The van der Waals surface area contributed by atoms with Crippen LogP contribution in [0.5, 0.6) is 0 Å². The highest BCUT2D eigenvalue weighted by Gasteiger charge is 2.17. The minimum absolute atomic E-state index is 0.0636. The fourth-order valence-corrected chi connectivity index (χ4v) is 2.74. The molecule has 0 bridgehead atoms. The molecule has 3 N–H and O–H groups in total. The quantitative estimate of drug-likeness (QED) is 0.644. The Balaban J connectivity index is 1.66. The zero-order valence-corrected chi connectivity index (χ0v) is 14.2. The van der Waals surface area contributed by atoms with Gasteiger partial charge in [0.05, 0.1) is 11.0 Å². The Labute approximate surface area is 139 Å². The molecule has 1 unspecified atom stereocenters. The Morgan fingerprint density at radius 2 is 2.35 bits per heavy atom. The molecular formula is C15H22N4O3S. The number of aromatic nitrogens is 1. The van der Waals surface area contributed by atoms with E-state index in [-0.39, 0.29) is 22.8 Å². The van der Waals surface area contributed by atoms with E-state index in [9.17, 15) is 9.59 Å². The monoisotopic (exact) mass is 338 g/mol. The summed E-state index contributed by atoms with van der Waals surface area (Å²) in [5.74, 6) is 1.01. The normalized spacial score (nSPS) is 15.7. The Bertz CT molecular complexity index is 585. The zero-order chi connectivity index (χ0) is 16.7. The van der Waals surface area contributed by atoms with E-state index in [1.165, 1.54) is 17.3 Å². The molecule has 7 nitrogen and oxygen atoms in total. The third kappa shape index (κ3) is 6.07. The molecule has 0 saturated heterocycles. The Morgan fingerprint density at radius 3 is 3.00 bits per heavy atom. The van der Waals surface area contributed by atoms with Crippen molar-refractivity contribution in [2.75, 3.05) is 30.7 Å². The molecule has 0 fully saturated rings. The molecule has 0 aliphatic carbocycles. The molecule has 1 aromatic rings. The van der Waals surface area contributed by atoms with Gasteiger partial charge in [-0.25, -0.2) is 0 Å².